The molecule has 0 fully saturated rings. The molecule has 0 aliphatic rings. The van der Waals surface area contributed by atoms with Gasteiger partial charge in [0.1, 0.15) is 5.75 Å². The number of hydrogen-bond donors (Lipinski definition) is 1. The molecule has 2 heterocycles. The van der Waals surface area contributed by atoms with Gasteiger partial charge in [0.25, 0.3) is 0 Å². The largest absolute Gasteiger partial charge is 0.494 e. The van der Waals surface area contributed by atoms with Gasteiger partial charge in [-0.1, -0.05) is 6.07 Å². The minimum absolute atomic E-state index is 0.195. The van der Waals surface area contributed by atoms with Crippen LogP contribution in [0.1, 0.15) is 25.5 Å². The number of pyridine rings is 1. The molecule has 1 unspecified atom stereocenters. The molecule has 1 N–H and O–H groups in total. The van der Waals surface area contributed by atoms with Gasteiger partial charge in [-0.2, -0.15) is 0 Å². The maximum atomic E-state index is 5.53. The molecule has 0 saturated carbocycles. The van der Waals surface area contributed by atoms with E-state index >= 15 is 0 Å². The van der Waals surface area contributed by atoms with Crippen molar-refractivity contribution in [1.82, 2.24) is 4.98 Å². The fourth-order valence-corrected chi connectivity index (χ4v) is 3.06. The standard InChI is InChI=1S/C17H18N2OS/c1-3-20-15-6-4-5-14(10-15)19-12(2)13-9-17-16(18-11-13)7-8-21-17/h4-12,19H,3H2,1-2H3. The Morgan fingerprint density at radius 1 is 1.29 bits per heavy atom. The summed E-state index contributed by atoms with van der Waals surface area (Å²) in [6, 6.07) is 12.5. The van der Waals surface area contributed by atoms with E-state index in [0.29, 0.717) is 6.61 Å². The third kappa shape index (κ3) is 3.16. The van der Waals surface area contributed by atoms with Gasteiger partial charge in [-0.05, 0) is 49.1 Å². The zero-order valence-electron chi connectivity index (χ0n) is 12.2. The van der Waals surface area contributed by atoms with E-state index in [1.54, 1.807) is 11.3 Å². The molecule has 0 saturated heterocycles. The summed E-state index contributed by atoms with van der Waals surface area (Å²) in [6.45, 7) is 4.81. The zero-order chi connectivity index (χ0) is 14.7. The maximum absolute atomic E-state index is 5.53. The molecule has 0 radical (unpaired) electrons. The summed E-state index contributed by atoms with van der Waals surface area (Å²) in [5.41, 5.74) is 3.31. The monoisotopic (exact) mass is 298 g/mol. The van der Waals surface area contributed by atoms with Crippen molar-refractivity contribution in [3.05, 3.63) is 53.5 Å². The van der Waals surface area contributed by atoms with Crippen molar-refractivity contribution >= 4 is 27.2 Å². The van der Waals surface area contributed by atoms with E-state index in [9.17, 15) is 0 Å². The molecule has 1 aromatic carbocycles. The van der Waals surface area contributed by atoms with Crippen molar-refractivity contribution in [2.45, 2.75) is 19.9 Å². The van der Waals surface area contributed by atoms with Crippen LogP contribution < -0.4 is 10.1 Å². The Balaban J connectivity index is 1.78. The maximum Gasteiger partial charge on any atom is 0.121 e. The average molecular weight is 298 g/mol. The van der Waals surface area contributed by atoms with Crippen molar-refractivity contribution in [2.75, 3.05) is 11.9 Å². The Bertz CT molecular complexity index is 738. The van der Waals surface area contributed by atoms with Gasteiger partial charge in [-0.3, -0.25) is 4.98 Å². The Kier molecular flexibility index (Phi) is 4.06. The second-order valence-corrected chi connectivity index (χ2v) is 5.85. The van der Waals surface area contributed by atoms with Gasteiger partial charge in [0.2, 0.25) is 0 Å². The highest BCUT2D eigenvalue weighted by molar-refractivity contribution is 7.17. The van der Waals surface area contributed by atoms with Crippen molar-refractivity contribution in [1.29, 1.82) is 0 Å². The fourth-order valence-electron chi connectivity index (χ4n) is 2.27. The van der Waals surface area contributed by atoms with Gasteiger partial charge < -0.3 is 10.1 Å². The first-order chi connectivity index (χ1) is 10.3. The summed E-state index contributed by atoms with van der Waals surface area (Å²) in [5.74, 6) is 0.890. The Labute approximate surface area is 128 Å². The van der Waals surface area contributed by atoms with Crippen LogP contribution in [0.2, 0.25) is 0 Å². The van der Waals surface area contributed by atoms with E-state index in [4.69, 9.17) is 4.74 Å². The molecule has 0 spiro atoms. The first-order valence-electron chi connectivity index (χ1n) is 7.09. The highest BCUT2D eigenvalue weighted by Gasteiger charge is 2.08. The summed E-state index contributed by atoms with van der Waals surface area (Å²) in [4.78, 5) is 4.50. The molecule has 3 nitrogen and oxygen atoms in total. The number of hydrogen-bond acceptors (Lipinski definition) is 4. The predicted octanol–water partition coefficient (Wildman–Crippen LogP) is 4.87. The fraction of sp³-hybridized carbons (Fsp3) is 0.235. The molecule has 21 heavy (non-hydrogen) atoms. The molecule has 4 heteroatoms. The van der Waals surface area contributed by atoms with Gasteiger partial charge in [-0.15, -0.1) is 11.3 Å². The molecule has 3 aromatic rings. The van der Waals surface area contributed by atoms with E-state index in [1.807, 2.05) is 37.4 Å². The van der Waals surface area contributed by atoms with Crippen molar-refractivity contribution in [3.63, 3.8) is 0 Å². The van der Waals surface area contributed by atoms with Crippen LogP contribution in [0.15, 0.2) is 48.0 Å². The Morgan fingerprint density at radius 2 is 2.19 bits per heavy atom. The van der Waals surface area contributed by atoms with Crippen molar-refractivity contribution in [3.8, 4) is 5.75 Å². The lowest BCUT2D eigenvalue weighted by molar-refractivity contribution is 0.340. The second kappa shape index (κ2) is 6.14. The SMILES string of the molecule is CCOc1cccc(NC(C)c2cnc3ccsc3c2)c1. The van der Waals surface area contributed by atoms with Crippen LogP contribution in [0.25, 0.3) is 10.2 Å². The lowest BCUT2D eigenvalue weighted by Gasteiger charge is -2.16. The van der Waals surface area contributed by atoms with E-state index in [1.165, 1.54) is 10.3 Å². The van der Waals surface area contributed by atoms with Crippen LogP contribution in [-0.4, -0.2) is 11.6 Å². The minimum atomic E-state index is 0.195. The van der Waals surface area contributed by atoms with Gasteiger partial charge >= 0.3 is 0 Å². The molecule has 2 aromatic heterocycles. The number of nitrogens with zero attached hydrogens (tertiary/aromatic N) is 1. The first-order valence-corrected chi connectivity index (χ1v) is 7.97. The predicted molar refractivity (Wildman–Crippen MR) is 89.3 cm³/mol. The lowest BCUT2D eigenvalue weighted by Crippen LogP contribution is -2.07. The smallest absolute Gasteiger partial charge is 0.121 e. The first kappa shape index (κ1) is 13.9. The Morgan fingerprint density at radius 3 is 3.05 bits per heavy atom. The number of anilines is 1. The van der Waals surface area contributed by atoms with Crippen LogP contribution in [0.4, 0.5) is 5.69 Å². The summed E-state index contributed by atoms with van der Waals surface area (Å²) >= 11 is 1.72. The molecule has 0 aliphatic carbocycles. The van der Waals surface area contributed by atoms with Crippen molar-refractivity contribution < 1.29 is 4.74 Å². The number of rotatable bonds is 5. The molecule has 1 atom stereocenters. The van der Waals surface area contributed by atoms with E-state index in [0.717, 1.165) is 17.0 Å². The van der Waals surface area contributed by atoms with Crippen LogP contribution >= 0.6 is 11.3 Å². The van der Waals surface area contributed by atoms with Crippen LogP contribution in [0, 0.1) is 0 Å². The number of fused-ring (bicyclic) bond motifs is 1. The van der Waals surface area contributed by atoms with E-state index in [-0.39, 0.29) is 6.04 Å². The Hall–Kier alpha value is -2.07. The summed E-state index contributed by atoms with van der Waals surface area (Å²) in [5, 5.41) is 5.57. The number of ether oxygens (including phenoxy) is 1. The minimum Gasteiger partial charge on any atom is -0.494 e. The number of aromatic nitrogens is 1. The number of thiophene rings is 1. The molecule has 0 aliphatic heterocycles. The van der Waals surface area contributed by atoms with Crippen molar-refractivity contribution in [2.24, 2.45) is 0 Å². The highest BCUT2D eigenvalue weighted by atomic mass is 32.1. The molecular formula is C17H18N2OS. The zero-order valence-corrected chi connectivity index (χ0v) is 13.0. The molecular weight excluding hydrogens is 280 g/mol. The quantitative estimate of drug-likeness (QED) is 0.730. The topological polar surface area (TPSA) is 34.1 Å². The normalized spacial score (nSPS) is 12.3. The highest BCUT2D eigenvalue weighted by Crippen LogP contribution is 2.26. The third-order valence-corrected chi connectivity index (χ3v) is 4.21. The number of benzene rings is 1. The average Bonchev–Trinajstić information content (AvgIpc) is 2.95. The summed E-state index contributed by atoms with van der Waals surface area (Å²) in [6.07, 6.45) is 1.94. The van der Waals surface area contributed by atoms with Gasteiger partial charge in [-0.25, -0.2) is 0 Å². The second-order valence-electron chi connectivity index (χ2n) is 4.90. The van der Waals surface area contributed by atoms with Gasteiger partial charge in [0, 0.05) is 18.0 Å². The molecule has 0 bridgehead atoms. The van der Waals surface area contributed by atoms with Gasteiger partial charge in [0.15, 0.2) is 0 Å². The molecule has 108 valence electrons. The van der Waals surface area contributed by atoms with Crippen LogP contribution in [-0.2, 0) is 0 Å². The third-order valence-electron chi connectivity index (χ3n) is 3.35. The van der Waals surface area contributed by atoms with Crippen LogP contribution in [0.5, 0.6) is 5.75 Å². The molecule has 0 amide bonds. The van der Waals surface area contributed by atoms with E-state index < -0.39 is 0 Å². The summed E-state index contributed by atoms with van der Waals surface area (Å²) in [7, 11) is 0. The number of nitrogens with one attached hydrogen (secondary N) is 1. The van der Waals surface area contributed by atoms with Crippen LogP contribution in [0.3, 0.4) is 0 Å². The van der Waals surface area contributed by atoms with E-state index in [2.05, 4.69) is 34.7 Å². The van der Waals surface area contributed by atoms with Gasteiger partial charge in [0.05, 0.1) is 22.9 Å². The summed E-state index contributed by atoms with van der Waals surface area (Å²) < 4.78 is 6.76. The lowest BCUT2D eigenvalue weighted by atomic mass is 10.1. The molecule has 3 rings (SSSR count).